The van der Waals surface area contributed by atoms with Crippen LogP contribution < -0.4 is 11.1 Å². The van der Waals surface area contributed by atoms with Crippen LogP contribution >= 0.6 is 0 Å². The van der Waals surface area contributed by atoms with Gasteiger partial charge < -0.3 is 15.8 Å². The molecule has 0 aliphatic heterocycles. The van der Waals surface area contributed by atoms with Crippen LogP contribution in [0, 0.1) is 0 Å². The first-order chi connectivity index (χ1) is 9.49. The molecule has 1 rings (SSSR count). The van der Waals surface area contributed by atoms with E-state index in [1.165, 1.54) is 0 Å². The molecule has 1 aliphatic carbocycles. The van der Waals surface area contributed by atoms with E-state index in [0.29, 0.717) is 31.8 Å². The molecule has 0 unspecified atom stereocenters. The molecule has 0 aromatic heterocycles. The van der Waals surface area contributed by atoms with E-state index in [1.54, 1.807) is 0 Å². The maximum atomic E-state index is 11.8. The molecule has 0 saturated heterocycles. The Morgan fingerprint density at radius 3 is 2.60 bits per heavy atom. The predicted octanol–water partition coefficient (Wildman–Crippen LogP) is 1.12. The molecule has 1 amide bonds. The highest BCUT2D eigenvalue weighted by molar-refractivity contribution is 5.77. The summed E-state index contributed by atoms with van der Waals surface area (Å²) in [4.78, 5) is 14.0. The van der Waals surface area contributed by atoms with Gasteiger partial charge in [-0.1, -0.05) is 0 Å². The van der Waals surface area contributed by atoms with Crippen LogP contribution in [0.3, 0.4) is 0 Å². The summed E-state index contributed by atoms with van der Waals surface area (Å²) in [5, 5.41) is 2.95. The Hall–Kier alpha value is -0.650. The van der Waals surface area contributed by atoms with Gasteiger partial charge in [0.05, 0.1) is 12.6 Å². The number of nitrogens with two attached hydrogens (primary N) is 1. The molecule has 0 aromatic rings. The number of hydrogen-bond donors (Lipinski definition) is 2. The maximum absolute atomic E-state index is 11.8. The fourth-order valence-corrected chi connectivity index (χ4v) is 2.57. The first-order valence-corrected chi connectivity index (χ1v) is 7.83. The number of likely N-dealkylation sites (N-methyl/N-ethyl adjacent to an activating group) is 1. The molecule has 118 valence electrons. The van der Waals surface area contributed by atoms with Crippen molar-refractivity contribution in [2.45, 2.75) is 64.1 Å². The fourth-order valence-electron chi connectivity index (χ4n) is 2.57. The van der Waals surface area contributed by atoms with Gasteiger partial charge in [-0.2, -0.15) is 0 Å². The van der Waals surface area contributed by atoms with Crippen LogP contribution in [0.5, 0.6) is 0 Å². The number of nitrogens with zero attached hydrogens (tertiary/aromatic N) is 1. The second-order valence-corrected chi connectivity index (χ2v) is 6.11. The van der Waals surface area contributed by atoms with Crippen molar-refractivity contribution in [2.24, 2.45) is 5.73 Å². The zero-order valence-corrected chi connectivity index (χ0v) is 13.2. The molecule has 5 nitrogen and oxygen atoms in total. The Morgan fingerprint density at radius 2 is 2.00 bits per heavy atom. The van der Waals surface area contributed by atoms with Crippen molar-refractivity contribution in [1.29, 1.82) is 0 Å². The third kappa shape index (κ3) is 7.22. The summed E-state index contributed by atoms with van der Waals surface area (Å²) in [5.41, 5.74) is 5.90. The van der Waals surface area contributed by atoms with Crippen molar-refractivity contribution in [2.75, 3.05) is 26.7 Å². The standard InChI is InChI=1S/C15H31N3O2/c1-12(2)20-10-4-9-17-15(19)11-18(3)14-7-5-13(16)6-8-14/h12-14H,4-11,16H2,1-3H3,(H,17,19). The van der Waals surface area contributed by atoms with Gasteiger partial charge in [0.15, 0.2) is 0 Å². The smallest absolute Gasteiger partial charge is 0.234 e. The van der Waals surface area contributed by atoms with Crippen LogP contribution in [0.2, 0.25) is 0 Å². The lowest BCUT2D eigenvalue weighted by molar-refractivity contribution is -0.122. The Balaban J connectivity index is 2.09. The molecule has 0 bridgehead atoms. The molecule has 1 fully saturated rings. The highest BCUT2D eigenvalue weighted by Gasteiger charge is 2.22. The van der Waals surface area contributed by atoms with Gasteiger partial charge in [-0.15, -0.1) is 0 Å². The summed E-state index contributed by atoms with van der Waals surface area (Å²) >= 11 is 0. The lowest BCUT2D eigenvalue weighted by Crippen LogP contribution is -2.43. The Morgan fingerprint density at radius 1 is 1.35 bits per heavy atom. The number of ether oxygens (including phenoxy) is 1. The summed E-state index contributed by atoms with van der Waals surface area (Å²) in [7, 11) is 2.03. The first-order valence-electron chi connectivity index (χ1n) is 7.83. The molecule has 5 heteroatoms. The molecule has 1 aliphatic rings. The van der Waals surface area contributed by atoms with E-state index in [0.717, 1.165) is 32.1 Å². The van der Waals surface area contributed by atoms with Crippen molar-refractivity contribution in [1.82, 2.24) is 10.2 Å². The third-order valence-electron chi connectivity index (χ3n) is 3.85. The minimum Gasteiger partial charge on any atom is -0.379 e. The number of rotatable bonds is 8. The Bertz CT molecular complexity index is 276. The van der Waals surface area contributed by atoms with Crippen LogP contribution in [0.25, 0.3) is 0 Å². The first kappa shape index (κ1) is 17.4. The van der Waals surface area contributed by atoms with Crippen molar-refractivity contribution in [3.63, 3.8) is 0 Å². The van der Waals surface area contributed by atoms with Crippen LogP contribution in [0.15, 0.2) is 0 Å². The van der Waals surface area contributed by atoms with E-state index in [-0.39, 0.29) is 12.0 Å². The SMILES string of the molecule is CC(C)OCCCNC(=O)CN(C)C1CCC(N)CC1. The largest absolute Gasteiger partial charge is 0.379 e. The number of carbonyl (C=O) groups is 1. The zero-order valence-electron chi connectivity index (χ0n) is 13.2. The fraction of sp³-hybridized carbons (Fsp3) is 0.933. The van der Waals surface area contributed by atoms with Gasteiger partial charge in [-0.25, -0.2) is 0 Å². The number of nitrogens with one attached hydrogen (secondary N) is 1. The van der Waals surface area contributed by atoms with Gasteiger partial charge >= 0.3 is 0 Å². The predicted molar refractivity (Wildman–Crippen MR) is 81.6 cm³/mol. The second-order valence-electron chi connectivity index (χ2n) is 6.11. The third-order valence-corrected chi connectivity index (χ3v) is 3.85. The summed E-state index contributed by atoms with van der Waals surface area (Å²) in [5.74, 6) is 0.104. The monoisotopic (exact) mass is 285 g/mol. The van der Waals surface area contributed by atoms with E-state index in [1.807, 2.05) is 20.9 Å². The Labute approximate surface area is 123 Å². The number of carbonyl (C=O) groups excluding carboxylic acids is 1. The molecular formula is C15H31N3O2. The summed E-state index contributed by atoms with van der Waals surface area (Å²) in [6, 6.07) is 0.860. The van der Waals surface area contributed by atoms with Gasteiger partial charge in [0.1, 0.15) is 0 Å². The zero-order chi connectivity index (χ0) is 15.0. The average Bonchev–Trinajstić information content (AvgIpc) is 2.38. The minimum absolute atomic E-state index is 0.104. The van der Waals surface area contributed by atoms with E-state index < -0.39 is 0 Å². The summed E-state index contributed by atoms with van der Waals surface area (Å²) in [6.45, 7) is 5.90. The van der Waals surface area contributed by atoms with E-state index >= 15 is 0 Å². The van der Waals surface area contributed by atoms with E-state index in [4.69, 9.17) is 10.5 Å². The van der Waals surface area contributed by atoms with Gasteiger partial charge in [0.25, 0.3) is 0 Å². The van der Waals surface area contributed by atoms with Crippen molar-refractivity contribution < 1.29 is 9.53 Å². The molecular weight excluding hydrogens is 254 g/mol. The van der Waals surface area contributed by atoms with Crippen molar-refractivity contribution in [3.05, 3.63) is 0 Å². The lowest BCUT2D eigenvalue weighted by Gasteiger charge is -2.33. The number of hydrogen-bond acceptors (Lipinski definition) is 4. The van der Waals surface area contributed by atoms with Gasteiger partial charge in [-0.05, 0) is 53.0 Å². The van der Waals surface area contributed by atoms with Crippen LogP contribution in [0.4, 0.5) is 0 Å². The quantitative estimate of drug-likeness (QED) is 0.656. The minimum atomic E-state index is 0.104. The molecule has 20 heavy (non-hydrogen) atoms. The highest BCUT2D eigenvalue weighted by atomic mass is 16.5. The van der Waals surface area contributed by atoms with Crippen LogP contribution in [-0.2, 0) is 9.53 Å². The number of amides is 1. The molecule has 0 heterocycles. The average molecular weight is 285 g/mol. The van der Waals surface area contributed by atoms with Crippen LogP contribution in [0.1, 0.15) is 46.0 Å². The second kappa shape index (κ2) is 9.32. The molecule has 3 N–H and O–H groups in total. The Kier molecular flexibility index (Phi) is 8.11. The van der Waals surface area contributed by atoms with Crippen LogP contribution in [-0.4, -0.2) is 55.7 Å². The van der Waals surface area contributed by atoms with Crippen molar-refractivity contribution >= 4 is 5.91 Å². The van der Waals surface area contributed by atoms with E-state index in [9.17, 15) is 4.79 Å². The molecule has 0 radical (unpaired) electrons. The molecule has 0 atom stereocenters. The lowest BCUT2D eigenvalue weighted by atomic mass is 9.91. The van der Waals surface area contributed by atoms with Gasteiger partial charge in [0.2, 0.25) is 5.91 Å². The molecule has 0 aromatic carbocycles. The summed E-state index contributed by atoms with van der Waals surface area (Å²) in [6.07, 6.45) is 5.48. The van der Waals surface area contributed by atoms with Gasteiger partial charge in [0, 0.05) is 25.2 Å². The molecule has 0 spiro atoms. The molecule has 1 saturated carbocycles. The van der Waals surface area contributed by atoms with Crippen molar-refractivity contribution in [3.8, 4) is 0 Å². The topological polar surface area (TPSA) is 67.6 Å². The normalized spacial score (nSPS) is 23.3. The van der Waals surface area contributed by atoms with E-state index in [2.05, 4.69) is 10.2 Å². The summed E-state index contributed by atoms with van der Waals surface area (Å²) < 4.78 is 5.44. The highest BCUT2D eigenvalue weighted by Crippen LogP contribution is 2.20. The van der Waals surface area contributed by atoms with Gasteiger partial charge in [-0.3, -0.25) is 9.69 Å². The maximum Gasteiger partial charge on any atom is 0.234 e.